The smallest absolute Gasteiger partial charge is 0.259 e. The molecule has 3 amide bonds. The van der Waals surface area contributed by atoms with E-state index >= 15 is 0 Å². The number of carbonyl (C=O) groups is 3. The van der Waals surface area contributed by atoms with E-state index in [4.69, 9.17) is 11.3 Å². The van der Waals surface area contributed by atoms with Crippen molar-refractivity contribution in [2.24, 2.45) is 0 Å². The average molecular weight is 491 g/mol. The number of morpholine rings is 1. The Morgan fingerprint density at radius 2 is 1.94 bits per heavy atom. The van der Waals surface area contributed by atoms with Crippen LogP contribution in [0.5, 0.6) is 0 Å². The molecule has 2 fully saturated rings. The predicted molar refractivity (Wildman–Crippen MR) is 135 cm³/mol. The molecule has 36 heavy (non-hydrogen) atoms. The van der Waals surface area contributed by atoms with Gasteiger partial charge in [-0.1, -0.05) is 13.0 Å². The maximum atomic E-state index is 13.3. The van der Waals surface area contributed by atoms with E-state index in [9.17, 15) is 19.5 Å². The Morgan fingerprint density at radius 1 is 1.19 bits per heavy atom. The van der Waals surface area contributed by atoms with Crippen LogP contribution in [-0.4, -0.2) is 66.2 Å². The van der Waals surface area contributed by atoms with Crippen molar-refractivity contribution in [1.82, 2.24) is 4.90 Å². The highest BCUT2D eigenvalue weighted by Gasteiger charge is 2.39. The number of likely N-dealkylation sites (tertiary alicyclic amines) is 1. The summed E-state index contributed by atoms with van der Waals surface area (Å²) in [5, 5.41) is 13.3. The van der Waals surface area contributed by atoms with Gasteiger partial charge < -0.3 is 25.0 Å². The van der Waals surface area contributed by atoms with Gasteiger partial charge in [-0.15, -0.1) is 0 Å². The van der Waals surface area contributed by atoms with Gasteiger partial charge in [-0.25, -0.2) is 4.85 Å². The lowest BCUT2D eigenvalue weighted by molar-refractivity contribution is -0.150. The number of rotatable bonds is 6. The Bertz CT molecular complexity index is 1220. The Labute approximate surface area is 210 Å². The van der Waals surface area contributed by atoms with Gasteiger partial charge in [0.2, 0.25) is 0 Å². The van der Waals surface area contributed by atoms with Gasteiger partial charge >= 0.3 is 0 Å². The van der Waals surface area contributed by atoms with E-state index in [2.05, 4.69) is 10.2 Å². The number of nitrogens with one attached hydrogen (secondary N) is 1. The summed E-state index contributed by atoms with van der Waals surface area (Å²) in [7, 11) is 0. The zero-order valence-corrected chi connectivity index (χ0v) is 20.5. The number of benzene rings is 2. The maximum absolute atomic E-state index is 13.3. The van der Waals surface area contributed by atoms with Crippen molar-refractivity contribution >= 4 is 34.8 Å². The van der Waals surface area contributed by atoms with Crippen molar-refractivity contribution in [3.05, 3.63) is 64.5 Å². The third-order valence-electron chi connectivity index (χ3n) is 6.54. The van der Waals surface area contributed by atoms with Crippen LogP contribution in [0.25, 0.3) is 4.85 Å². The number of amides is 3. The first-order valence-corrected chi connectivity index (χ1v) is 12.2. The standard InChI is InChI=1S/C27H30N4O5/c1-4-18-15-20(7-8-22(18)28-3)29-25(33)23(32)24-27(35)31(11-12-36-24)21-14-17(2)13-19(16-21)26(34)30-9-5-6-10-30/h7-8,13-16,23-24,32H,4-6,9-12H2,1-2H3,(H,29,33)/t23-,24-/m1/s1. The van der Waals surface area contributed by atoms with Crippen LogP contribution in [0.1, 0.15) is 41.3 Å². The lowest BCUT2D eigenvalue weighted by Gasteiger charge is -2.34. The van der Waals surface area contributed by atoms with Gasteiger partial charge in [0.15, 0.2) is 17.9 Å². The van der Waals surface area contributed by atoms with Crippen molar-refractivity contribution in [2.75, 3.05) is 36.5 Å². The first-order chi connectivity index (χ1) is 17.3. The van der Waals surface area contributed by atoms with E-state index in [1.165, 1.54) is 4.90 Å². The molecule has 0 radical (unpaired) electrons. The monoisotopic (exact) mass is 490 g/mol. The van der Waals surface area contributed by atoms with Gasteiger partial charge in [0.25, 0.3) is 17.7 Å². The summed E-state index contributed by atoms with van der Waals surface area (Å²) >= 11 is 0. The molecule has 2 atom stereocenters. The molecule has 0 aliphatic carbocycles. The number of aliphatic hydroxyl groups is 1. The number of aliphatic hydroxyl groups excluding tert-OH is 1. The van der Waals surface area contributed by atoms with Crippen LogP contribution in [0.15, 0.2) is 36.4 Å². The highest BCUT2D eigenvalue weighted by atomic mass is 16.5. The van der Waals surface area contributed by atoms with Gasteiger partial charge in [-0.05, 0) is 67.6 Å². The number of nitrogens with zero attached hydrogens (tertiary/aromatic N) is 3. The Morgan fingerprint density at radius 3 is 2.64 bits per heavy atom. The topological polar surface area (TPSA) is 104 Å². The number of hydrogen-bond donors (Lipinski definition) is 2. The molecule has 2 aliphatic heterocycles. The minimum absolute atomic E-state index is 0.0650. The maximum Gasteiger partial charge on any atom is 0.259 e. The minimum Gasteiger partial charge on any atom is -0.380 e. The molecule has 9 nitrogen and oxygen atoms in total. The summed E-state index contributed by atoms with van der Waals surface area (Å²) in [6.07, 6.45) is -0.539. The number of aryl methyl sites for hydroxylation is 2. The molecular formula is C27H30N4O5. The van der Waals surface area contributed by atoms with Gasteiger partial charge in [0.05, 0.1) is 13.2 Å². The first-order valence-electron chi connectivity index (χ1n) is 12.2. The van der Waals surface area contributed by atoms with Gasteiger partial charge in [-0.2, -0.15) is 0 Å². The van der Waals surface area contributed by atoms with Crippen molar-refractivity contribution in [1.29, 1.82) is 0 Å². The van der Waals surface area contributed by atoms with E-state index in [1.54, 1.807) is 36.4 Å². The molecule has 0 aromatic heterocycles. The SMILES string of the molecule is [C-]#[N+]c1ccc(NC(=O)[C@H](O)[C@H]2OCCN(c3cc(C)cc(C(=O)N4CCCC4)c3)C2=O)cc1CC. The van der Waals surface area contributed by atoms with Crippen LogP contribution in [0.2, 0.25) is 0 Å². The van der Waals surface area contributed by atoms with Crippen molar-refractivity contribution < 1.29 is 24.2 Å². The van der Waals surface area contributed by atoms with Crippen LogP contribution < -0.4 is 10.2 Å². The molecule has 2 N–H and O–H groups in total. The summed E-state index contributed by atoms with van der Waals surface area (Å²) in [6.45, 7) is 12.8. The van der Waals surface area contributed by atoms with Crippen LogP contribution in [0.3, 0.4) is 0 Å². The van der Waals surface area contributed by atoms with Crippen molar-refractivity contribution in [3.8, 4) is 0 Å². The summed E-state index contributed by atoms with van der Waals surface area (Å²) < 4.78 is 5.52. The zero-order valence-electron chi connectivity index (χ0n) is 20.5. The molecule has 0 spiro atoms. The average Bonchev–Trinajstić information content (AvgIpc) is 3.42. The number of carbonyl (C=O) groups excluding carboxylic acids is 3. The molecule has 2 aromatic rings. The van der Waals surface area contributed by atoms with Gasteiger partial charge in [0, 0.05) is 36.6 Å². The van der Waals surface area contributed by atoms with Gasteiger partial charge in [-0.3, -0.25) is 14.4 Å². The van der Waals surface area contributed by atoms with E-state index in [1.807, 2.05) is 18.7 Å². The third-order valence-corrected chi connectivity index (χ3v) is 6.54. The zero-order chi connectivity index (χ0) is 25.8. The van der Waals surface area contributed by atoms with Crippen LogP contribution >= 0.6 is 0 Å². The lowest BCUT2D eigenvalue weighted by atomic mass is 10.1. The number of anilines is 2. The predicted octanol–water partition coefficient (Wildman–Crippen LogP) is 3.08. The fourth-order valence-electron chi connectivity index (χ4n) is 4.64. The second-order valence-electron chi connectivity index (χ2n) is 9.08. The van der Waals surface area contributed by atoms with E-state index < -0.39 is 24.0 Å². The van der Waals surface area contributed by atoms with Crippen molar-refractivity contribution in [3.63, 3.8) is 0 Å². The van der Waals surface area contributed by atoms with Gasteiger partial charge in [0.1, 0.15) is 0 Å². The Kier molecular flexibility index (Phi) is 7.67. The molecule has 188 valence electrons. The fourth-order valence-corrected chi connectivity index (χ4v) is 4.64. The highest BCUT2D eigenvalue weighted by Crippen LogP contribution is 2.26. The summed E-state index contributed by atoms with van der Waals surface area (Å²) in [5.74, 6) is -1.39. The normalized spacial score (nSPS) is 18.6. The number of ether oxygens (including phenoxy) is 1. The quantitative estimate of drug-likeness (QED) is 0.606. The molecule has 0 saturated carbocycles. The molecule has 0 unspecified atom stereocenters. The van der Waals surface area contributed by atoms with Crippen LogP contribution in [0.4, 0.5) is 17.1 Å². The van der Waals surface area contributed by atoms with Crippen LogP contribution in [0, 0.1) is 13.5 Å². The van der Waals surface area contributed by atoms with E-state index in [0.29, 0.717) is 29.0 Å². The minimum atomic E-state index is -1.73. The summed E-state index contributed by atoms with van der Waals surface area (Å²) in [6, 6.07) is 10.2. The largest absolute Gasteiger partial charge is 0.380 e. The number of hydrogen-bond acceptors (Lipinski definition) is 5. The second kappa shape index (κ2) is 10.9. The Balaban J connectivity index is 1.50. The summed E-state index contributed by atoms with van der Waals surface area (Å²) in [4.78, 5) is 45.7. The highest BCUT2D eigenvalue weighted by molar-refractivity contribution is 6.04. The molecule has 9 heteroatoms. The van der Waals surface area contributed by atoms with E-state index in [0.717, 1.165) is 37.1 Å². The van der Waals surface area contributed by atoms with Crippen molar-refractivity contribution in [2.45, 2.75) is 45.3 Å². The lowest BCUT2D eigenvalue weighted by Crippen LogP contribution is -2.55. The van der Waals surface area contributed by atoms with Crippen LogP contribution in [-0.2, 0) is 20.7 Å². The fraction of sp³-hybridized carbons (Fsp3) is 0.407. The molecule has 2 saturated heterocycles. The Hall–Kier alpha value is -3.74. The molecule has 2 aliphatic rings. The van der Waals surface area contributed by atoms with E-state index in [-0.39, 0.29) is 19.1 Å². The second-order valence-corrected chi connectivity index (χ2v) is 9.08. The first kappa shape index (κ1) is 25.4. The molecule has 2 heterocycles. The summed E-state index contributed by atoms with van der Waals surface area (Å²) in [5.41, 5.74) is 3.57. The third kappa shape index (κ3) is 5.25. The molecular weight excluding hydrogens is 460 g/mol. The molecule has 4 rings (SSSR count). The molecule has 2 aromatic carbocycles. The molecule has 0 bridgehead atoms.